The van der Waals surface area contributed by atoms with Gasteiger partial charge in [-0.3, -0.25) is 14.4 Å². The van der Waals surface area contributed by atoms with Crippen molar-refractivity contribution in [1.82, 2.24) is 5.32 Å². The Morgan fingerprint density at radius 2 is 1.59 bits per heavy atom. The van der Waals surface area contributed by atoms with Crippen LogP contribution in [0.5, 0.6) is 5.75 Å². The summed E-state index contributed by atoms with van der Waals surface area (Å²) in [5, 5.41) is 2.78. The lowest BCUT2D eigenvalue weighted by Gasteiger charge is -2.27. The van der Waals surface area contributed by atoms with Crippen LogP contribution in [0.15, 0.2) is 36.4 Å². The maximum atomic E-state index is 12.8. The van der Waals surface area contributed by atoms with Gasteiger partial charge in [0.25, 0.3) is 5.91 Å². The summed E-state index contributed by atoms with van der Waals surface area (Å²) in [6.07, 6.45) is 0. The first-order valence-electron chi connectivity index (χ1n) is 9.46. The number of amides is 2. The van der Waals surface area contributed by atoms with Crippen molar-refractivity contribution in [2.24, 2.45) is 0 Å². The van der Waals surface area contributed by atoms with Crippen LogP contribution < -0.4 is 15.0 Å². The number of methoxy groups -OCH3 is 1. The van der Waals surface area contributed by atoms with Crippen LogP contribution in [0.4, 0.5) is 5.69 Å². The molecule has 0 bridgehead atoms. The maximum absolute atomic E-state index is 12.8. The van der Waals surface area contributed by atoms with Gasteiger partial charge < -0.3 is 15.0 Å². The van der Waals surface area contributed by atoms with Gasteiger partial charge >= 0.3 is 0 Å². The summed E-state index contributed by atoms with van der Waals surface area (Å²) in [6, 6.07) is 10.1. The number of nitrogens with one attached hydrogen (secondary N) is 1. The van der Waals surface area contributed by atoms with Crippen molar-refractivity contribution < 1.29 is 19.1 Å². The Morgan fingerprint density at radius 1 is 1.00 bits per heavy atom. The number of hydrogen-bond acceptors (Lipinski definition) is 4. The van der Waals surface area contributed by atoms with Gasteiger partial charge in [0.2, 0.25) is 5.91 Å². The van der Waals surface area contributed by atoms with E-state index < -0.39 is 6.04 Å². The summed E-state index contributed by atoms with van der Waals surface area (Å²) in [5.74, 6) is -0.0598. The quantitative estimate of drug-likeness (QED) is 0.779. The predicted octanol–water partition coefficient (Wildman–Crippen LogP) is 3.36. The fourth-order valence-corrected chi connectivity index (χ4v) is 3.37. The molecule has 0 spiro atoms. The second kappa shape index (κ2) is 9.37. The topological polar surface area (TPSA) is 75.7 Å². The Hall–Kier alpha value is -3.15. The van der Waals surface area contributed by atoms with Crippen molar-refractivity contribution in [2.45, 2.75) is 40.7 Å². The number of Topliss-reactive ketones (excluding diaryl/α,β-unsaturated/α-hetero) is 1. The number of benzene rings is 2. The van der Waals surface area contributed by atoms with Crippen LogP contribution >= 0.6 is 0 Å². The molecule has 2 aromatic carbocycles. The highest BCUT2D eigenvalue weighted by Crippen LogP contribution is 2.24. The fraction of sp³-hybridized carbons (Fsp3) is 0.348. The number of ether oxygens (including phenoxy) is 1. The number of carbonyl (C=O) groups excluding carboxylic acids is 3. The highest BCUT2D eigenvalue weighted by atomic mass is 16.5. The molecule has 0 aliphatic rings. The van der Waals surface area contributed by atoms with E-state index >= 15 is 0 Å². The zero-order chi connectivity index (χ0) is 21.7. The maximum Gasteiger partial charge on any atom is 0.251 e. The first-order valence-corrected chi connectivity index (χ1v) is 9.46. The van der Waals surface area contributed by atoms with E-state index in [1.54, 1.807) is 19.2 Å². The standard InChI is InChI=1S/C23H28N2O4/c1-14-9-7-8-10-21(14)25(18(5)27)13-20(17(4)26)24-23(28)19-11-15(2)22(29-6)16(3)12-19/h7-12,20H,13H2,1-6H3,(H,24,28). The summed E-state index contributed by atoms with van der Waals surface area (Å²) in [6.45, 7) is 8.54. The van der Waals surface area contributed by atoms with Gasteiger partial charge in [-0.15, -0.1) is 0 Å². The number of aryl methyl sites for hydroxylation is 3. The van der Waals surface area contributed by atoms with Crippen molar-refractivity contribution in [3.05, 3.63) is 58.7 Å². The van der Waals surface area contributed by atoms with Crippen molar-refractivity contribution in [3.8, 4) is 5.75 Å². The number of rotatable bonds is 7. The molecule has 0 aromatic heterocycles. The van der Waals surface area contributed by atoms with Crippen LogP contribution in [0.25, 0.3) is 0 Å². The molecule has 0 fully saturated rings. The van der Waals surface area contributed by atoms with E-state index in [1.807, 2.05) is 45.0 Å². The molecule has 0 saturated heterocycles. The molecule has 29 heavy (non-hydrogen) atoms. The molecule has 0 saturated carbocycles. The number of nitrogens with zero attached hydrogens (tertiary/aromatic N) is 1. The zero-order valence-electron chi connectivity index (χ0n) is 17.8. The molecule has 0 aliphatic carbocycles. The van der Waals surface area contributed by atoms with Crippen molar-refractivity contribution in [3.63, 3.8) is 0 Å². The van der Waals surface area contributed by atoms with Crippen LogP contribution in [0.1, 0.15) is 40.9 Å². The Labute approximate surface area is 171 Å². The van der Waals surface area contributed by atoms with Gasteiger partial charge in [-0.1, -0.05) is 18.2 Å². The molecule has 0 heterocycles. The summed E-state index contributed by atoms with van der Waals surface area (Å²) in [5.41, 5.74) is 3.75. The Morgan fingerprint density at radius 3 is 2.07 bits per heavy atom. The summed E-state index contributed by atoms with van der Waals surface area (Å²) < 4.78 is 5.34. The molecule has 154 valence electrons. The minimum absolute atomic E-state index is 0.0649. The van der Waals surface area contributed by atoms with E-state index in [1.165, 1.54) is 18.7 Å². The third-order valence-corrected chi connectivity index (χ3v) is 4.87. The molecule has 0 aliphatic heterocycles. The summed E-state index contributed by atoms with van der Waals surface area (Å²) in [4.78, 5) is 38.8. The first kappa shape index (κ1) is 22.1. The summed E-state index contributed by atoms with van der Waals surface area (Å²) >= 11 is 0. The molecule has 2 aromatic rings. The molecule has 1 unspecified atom stereocenters. The molecule has 1 N–H and O–H groups in total. The molecule has 2 rings (SSSR count). The average molecular weight is 396 g/mol. The first-order chi connectivity index (χ1) is 13.6. The van der Waals surface area contributed by atoms with Crippen molar-refractivity contribution >= 4 is 23.3 Å². The summed E-state index contributed by atoms with van der Waals surface area (Å²) in [7, 11) is 1.59. The van der Waals surface area contributed by atoms with Gasteiger partial charge in [0, 0.05) is 18.2 Å². The second-order valence-corrected chi connectivity index (χ2v) is 7.20. The minimum Gasteiger partial charge on any atom is -0.496 e. The van der Waals surface area contributed by atoms with E-state index in [0.717, 1.165) is 28.1 Å². The van der Waals surface area contributed by atoms with Crippen LogP contribution in [-0.4, -0.2) is 37.3 Å². The smallest absolute Gasteiger partial charge is 0.251 e. The van der Waals surface area contributed by atoms with E-state index in [2.05, 4.69) is 5.32 Å². The third kappa shape index (κ3) is 5.22. The lowest BCUT2D eigenvalue weighted by Crippen LogP contribution is -2.49. The van der Waals surface area contributed by atoms with Crippen LogP contribution in [0.3, 0.4) is 0 Å². The van der Waals surface area contributed by atoms with Gasteiger partial charge in [0.1, 0.15) is 11.8 Å². The van der Waals surface area contributed by atoms with E-state index in [4.69, 9.17) is 4.74 Å². The molecule has 0 radical (unpaired) electrons. The van der Waals surface area contributed by atoms with Gasteiger partial charge in [0.05, 0.1) is 13.7 Å². The number of anilines is 1. The normalized spacial score (nSPS) is 11.5. The second-order valence-electron chi connectivity index (χ2n) is 7.20. The van der Waals surface area contributed by atoms with Gasteiger partial charge in [-0.05, 0) is 62.6 Å². The molecular formula is C23H28N2O4. The van der Waals surface area contributed by atoms with Crippen molar-refractivity contribution in [2.75, 3.05) is 18.6 Å². The lowest BCUT2D eigenvalue weighted by atomic mass is 10.0. The largest absolute Gasteiger partial charge is 0.496 e. The van der Waals surface area contributed by atoms with Gasteiger partial charge in [0.15, 0.2) is 5.78 Å². The number of hydrogen-bond donors (Lipinski definition) is 1. The van der Waals surface area contributed by atoms with Gasteiger partial charge in [-0.2, -0.15) is 0 Å². The monoisotopic (exact) mass is 396 g/mol. The molecule has 2 amide bonds. The zero-order valence-corrected chi connectivity index (χ0v) is 17.8. The SMILES string of the molecule is COc1c(C)cc(C(=O)NC(CN(C(C)=O)c2ccccc2C)C(C)=O)cc1C. The number of para-hydroxylation sites is 1. The Bertz CT molecular complexity index is 913. The molecule has 1 atom stereocenters. The third-order valence-electron chi connectivity index (χ3n) is 4.87. The van der Waals surface area contributed by atoms with Crippen LogP contribution in [-0.2, 0) is 9.59 Å². The lowest BCUT2D eigenvalue weighted by molar-refractivity contribution is -0.119. The van der Waals surface area contributed by atoms with E-state index in [0.29, 0.717) is 5.56 Å². The number of ketones is 1. The van der Waals surface area contributed by atoms with Gasteiger partial charge in [-0.25, -0.2) is 0 Å². The minimum atomic E-state index is -0.825. The highest BCUT2D eigenvalue weighted by Gasteiger charge is 2.25. The van der Waals surface area contributed by atoms with Crippen LogP contribution in [0.2, 0.25) is 0 Å². The number of carbonyl (C=O) groups is 3. The molecular weight excluding hydrogens is 368 g/mol. The van der Waals surface area contributed by atoms with E-state index in [-0.39, 0.29) is 24.1 Å². The Kier molecular flexibility index (Phi) is 7.15. The fourth-order valence-electron chi connectivity index (χ4n) is 3.37. The van der Waals surface area contributed by atoms with Crippen molar-refractivity contribution in [1.29, 1.82) is 0 Å². The average Bonchev–Trinajstić information content (AvgIpc) is 2.65. The van der Waals surface area contributed by atoms with E-state index in [9.17, 15) is 14.4 Å². The predicted molar refractivity (Wildman–Crippen MR) is 114 cm³/mol. The molecule has 6 nitrogen and oxygen atoms in total. The molecule has 6 heteroatoms. The highest BCUT2D eigenvalue weighted by molar-refractivity contribution is 5.99. The Balaban J connectivity index is 2.28. The van der Waals surface area contributed by atoms with Crippen LogP contribution in [0, 0.1) is 20.8 Å².